The molecule has 2 aliphatic rings. The number of aromatic nitrogens is 3. The van der Waals surface area contributed by atoms with Crippen molar-refractivity contribution in [1.82, 2.24) is 25.4 Å². The first-order valence-corrected chi connectivity index (χ1v) is 10.3. The van der Waals surface area contributed by atoms with Crippen molar-refractivity contribution < 1.29 is 4.74 Å². The molecule has 0 radical (unpaired) electrons. The van der Waals surface area contributed by atoms with Crippen molar-refractivity contribution in [2.24, 2.45) is 10.9 Å². The fourth-order valence-electron chi connectivity index (χ4n) is 3.95. The number of methoxy groups -OCH3 is 1. The van der Waals surface area contributed by atoms with Gasteiger partial charge in [0, 0.05) is 32.7 Å². The van der Waals surface area contributed by atoms with Gasteiger partial charge in [-0.15, -0.1) is 0 Å². The molecule has 1 fully saturated rings. The van der Waals surface area contributed by atoms with E-state index < -0.39 is 0 Å². The zero-order chi connectivity index (χ0) is 19.3. The molecule has 1 aromatic heterocycles. The maximum absolute atomic E-state index is 5.15. The summed E-state index contributed by atoms with van der Waals surface area (Å²) in [4.78, 5) is 9.41. The van der Waals surface area contributed by atoms with E-state index in [1.165, 1.54) is 12.0 Å². The highest BCUT2D eigenvalue weighted by molar-refractivity contribution is 5.80. The Morgan fingerprint density at radius 1 is 1.32 bits per heavy atom. The Morgan fingerprint density at radius 2 is 2.18 bits per heavy atom. The summed E-state index contributed by atoms with van der Waals surface area (Å²) >= 11 is 0. The van der Waals surface area contributed by atoms with Crippen molar-refractivity contribution in [3.05, 3.63) is 47.5 Å². The maximum Gasteiger partial charge on any atom is 0.191 e. The monoisotopic (exact) mass is 382 g/mol. The Labute approximate surface area is 166 Å². The molecule has 2 N–H and O–H groups in total. The van der Waals surface area contributed by atoms with E-state index in [1.54, 1.807) is 7.11 Å². The van der Waals surface area contributed by atoms with Gasteiger partial charge in [-0.25, -0.2) is 9.67 Å². The molecule has 0 amide bonds. The first kappa shape index (κ1) is 18.9. The van der Waals surface area contributed by atoms with E-state index in [9.17, 15) is 0 Å². The van der Waals surface area contributed by atoms with Gasteiger partial charge in [-0.3, -0.25) is 4.99 Å². The number of hydrogen-bond donors (Lipinski definition) is 2. The number of fused-ring (bicyclic) bond motifs is 1. The van der Waals surface area contributed by atoms with Crippen LogP contribution < -0.4 is 10.6 Å². The van der Waals surface area contributed by atoms with Crippen molar-refractivity contribution >= 4 is 5.96 Å². The molecule has 2 heterocycles. The minimum atomic E-state index is 0.312. The second-order valence-corrected chi connectivity index (χ2v) is 7.67. The van der Waals surface area contributed by atoms with E-state index >= 15 is 0 Å². The molecule has 3 atom stereocenters. The minimum Gasteiger partial charge on any atom is -0.377 e. The normalized spacial score (nSPS) is 23.9. The Hall–Kier alpha value is -2.41. The number of aliphatic imine (C=N–C) groups is 1. The molecular formula is C21H30N6O. The number of nitrogens with one attached hydrogen (secondary N) is 2. The lowest BCUT2D eigenvalue weighted by Gasteiger charge is -2.25. The summed E-state index contributed by atoms with van der Waals surface area (Å²) in [6.45, 7) is 5.11. The zero-order valence-electron chi connectivity index (χ0n) is 16.8. The van der Waals surface area contributed by atoms with Crippen LogP contribution >= 0.6 is 0 Å². The number of ether oxygens (including phenoxy) is 1. The van der Waals surface area contributed by atoms with Crippen molar-refractivity contribution in [2.75, 3.05) is 20.2 Å². The highest BCUT2D eigenvalue weighted by Gasteiger charge is 2.37. The van der Waals surface area contributed by atoms with E-state index in [-0.39, 0.29) is 0 Å². The van der Waals surface area contributed by atoms with Gasteiger partial charge in [-0.05, 0) is 37.2 Å². The lowest BCUT2D eigenvalue weighted by Crippen LogP contribution is -2.47. The Bertz CT molecular complexity index is 802. The number of nitrogens with zero attached hydrogens (tertiary/aromatic N) is 4. The van der Waals surface area contributed by atoms with Crippen LogP contribution in [0.5, 0.6) is 0 Å². The van der Waals surface area contributed by atoms with Gasteiger partial charge in [-0.1, -0.05) is 30.3 Å². The van der Waals surface area contributed by atoms with Crippen LogP contribution in [-0.4, -0.2) is 47.0 Å². The van der Waals surface area contributed by atoms with Gasteiger partial charge in [0.15, 0.2) is 11.8 Å². The van der Waals surface area contributed by atoms with Gasteiger partial charge in [0.05, 0.1) is 6.54 Å². The molecule has 7 nitrogen and oxygen atoms in total. The number of hydrogen-bond acceptors (Lipinski definition) is 4. The fourth-order valence-corrected chi connectivity index (χ4v) is 3.95. The average molecular weight is 383 g/mol. The smallest absolute Gasteiger partial charge is 0.191 e. The maximum atomic E-state index is 5.15. The summed E-state index contributed by atoms with van der Waals surface area (Å²) in [5.41, 5.74) is 1.44. The standard InChI is InChI=1S/C21H30N6O/c1-3-22-21(23-12-16-11-18(16)15-7-5-4-6-8-15)24-17-9-10-20-25-19(14-28-2)26-27(20)13-17/h4-8,16-18H,3,9-14H2,1-2H3,(H2,22,23,24). The summed E-state index contributed by atoms with van der Waals surface area (Å²) in [5.74, 6) is 4.05. The van der Waals surface area contributed by atoms with Crippen LogP contribution in [0.1, 0.15) is 42.9 Å². The largest absolute Gasteiger partial charge is 0.377 e. The zero-order valence-corrected chi connectivity index (χ0v) is 16.8. The average Bonchev–Trinajstić information content (AvgIpc) is 3.38. The number of aryl methyl sites for hydroxylation is 1. The number of guanidine groups is 1. The van der Waals surface area contributed by atoms with Gasteiger partial charge >= 0.3 is 0 Å². The Kier molecular flexibility index (Phi) is 5.90. The molecule has 0 spiro atoms. The third kappa shape index (κ3) is 4.52. The highest BCUT2D eigenvalue weighted by Crippen LogP contribution is 2.47. The lowest BCUT2D eigenvalue weighted by atomic mass is 10.1. The van der Waals surface area contributed by atoms with Crippen LogP contribution in [0, 0.1) is 5.92 Å². The van der Waals surface area contributed by atoms with Crippen LogP contribution in [0.2, 0.25) is 0 Å². The Morgan fingerprint density at radius 3 is 2.96 bits per heavy atom. The van der Waals surface area contributed by atoms with Crippen LogP contribution in [-0.2, 0) is 24.3 Å². The van der Waals surface area contributed by atoms with Crippen molar-refractivity contribution in [1.29, 1.82) is 0 Å². The predicted octanol–water partition coefficient (Wildman–Crippen LogP) is 2.10. The molecule has 7 heteroatoms. The SMILES string of the molecule is CCNC(=NCC1CC1c1ccccc1)NC1CCc2nc(COC)nn2C1. The topological polar surface area (TPSA) is 76.4 Å². The minimum absolute atomic E-state index is 0.312. The Balaban J connectivity index is 1.33. The molecule has 3 unspecified atom stereocenters. The van der Waals surface area contributed by atoms with E-state index in [4.69, 9.17) is 9.73 Å². The van der Waals surface area contributed by atoms with Crippen LogP contribution in [0.3, 0.4) is 0 Å². The summed E-state index contributed by atoms with van der Waals surface area (Å²) in [5, 5.41) is 11.5. The molecule has 28 heavy (non-hydrogen) atoms. The second-order valence-electron chi connectivity index (χ2n) is 7.67. The van der Waals surface area contributed by atoms with E-state index in [2.05, 4.69) is 58.0 Å². The first-order valence-electron chi connectivity index (χ1n) is 10.3. The van der Waals surface area contributed by atoms with E-state index in [0.717, 1.165) is 50.1 Å². The molecule has 4 rings (SSSR count). The van der Waals surface area contributed by atoms with Crippen molar-refractivity contribution in [3.8, 4) is 0 Å². The van der Waals surface area contributed by atoms with Gasteiger partial charge in [0.25, 0.3) is 0 Å². The quantitative estimate of drug-likeness (QED) is 0.567. The third-order valence-electron chi connectivity index (χ3n) is 5.49. The molecule has 1 saturated carbocycles. The van der Waals surface area contributed by atoms with Gasteiger partial charge in [-0.2, -0.15) is 5.10 Å². The number of benzene rings is 1. The molecule has 0 bridgehead atoms. The fraction of sp³-hybridized carbons (Fsp3) is 0.571. The third-order valence-corrected chi connectivity index (χ3v) is 5.49. The van der Waals surface area contributed by atoms with E-state index in [0.29, 0.717) is 24.5 Å². The van der Waals surface area contributed by atoms with Crippen LogP contribution in [0.4, 0.5) is 0 Å². The predicted molar refractivity (Wildman–Crippen MR) is 109 cm³/mol. The van der Waals surface area contributed by atoms with Gasteiger partial charge in [0.1, 0.15) is 12.4 Å². The molecule has 150 valence electrons. The van der Waals surface area contributed by atoms with Gasteiger partial charge in [0.2, 0.25) is 0 Å². The van der Waals surface area contributed by atoms with Crippen molar-refractivity contribution in [3.63, 3.8) is 0 Å². The summed E-state index contributed by atoms with van der Waals surface area (Å²) in [6, 6.07) is 11.1. The molecule has 1 aliphatic carbocycles. The van der Waals surface area contributed by atoms with Crippen LogP contribution in [0.25, 0.3) is 0 Å². The first-order chi connectivity index (χ1) is 13.8. The summed E-state index contributed by atoms with van der Waals surface area (Å²) in [6.07, 6.45) is 3.19. The highest BCUT2D eigenvalue weighted by atomic mass is 16.5. The lowest BCUT2D eigenvalue weighted by molar-refractivity contribution is 0.177. The molecule has 2 aromatic rings. The summed E-state index contributed by atoms with van der Waals surface area (Å²) in [7, 11) is 1.67. The molecular weight excluding hydrogens is 352 g/mol. The van der Waals surface area contributed by atoms with Crippen molar-refractivity contribution in [2.45, 2.75) is 51.3 Å². The van der Waals surface area contributed by atoms with E-state index in [1.807, 2.05) is 4.68 Å². The second kappa shape index (κ2) is 8.73. The van der Waals surface area contributed by atoms with Crippen LogP contribution in [0.15, 0.2) is 35.3 Å². The van der Waals surface area contributed by atoms with Gasteiger partial charge < -0.3 is 15.4 Å². The molecule has 1 aromatic carbocycles. The summed E-state index contributed by atoms with van der Waals surface area (Å²) < 4.78 is 7.15. The molecule has 0 saturated heterocycles. The molecule has 1 aliphatic heterocycles. The number of rotatable bonds is 7.